The molecule has 0 saturated carbocycles. The molecule has 0 radical (unpaired) electrons. The summed E-state index contributed by atoms with van der Waals surface area (Å²) in [5.74, 6) is 1.56. The summed E-state index contributed by atoms with van der Waals surface area (Å²) >= 11 is 0. The van der Waals surface area contributed by atoms with Crippen molar-refractivity contribution in [2.45, 2.75) is 20.3 Å². The van der Waals surface area contributed by atoms with Crippen LogP contribution in [0.4, 0.5) is 6.01 Å². The lowest BCUT2D eigenvalue weighted by atomic mass is 10.1. The zero-order valence-corrected chi connectivity index (χ0v) is 14.4. The fraction of sp³-hybridized carbons (Fsp3) is 0.150. The molecule has 1 N–H and O–H groups in total. The highest BCUT2D eigenvalue weighted by atomic mass is 16.4. The van der Waals surface area contributed by atoms with Crippen molar-refractivity contribution in [1.29, 1.82) is 0 Å². The lowest BCUT2D eigenvalue weighted by Crippen LogP contribution is -2.14. The number of amides is 1. The number of benzene rings is 2. The van der Waals surface area contributed by atoms with Crippen LogP contribution in [0.5, 0.6) is 0 Å². The number of hydrogen-bond donors (Lipinski definition) is 1. The molecule has 0 fully saturated rings. The number of rotatable bonds is 4. The molecule has 0 aliphatic heterocycles. The maximum atomic E-state index is 12.3. The largest absolute Gasteiger partial charge is 0.466 e. The predicted molar refractivity (Wildman–Crippen MR) is 97.8 cm³/mol. The van der Waals surface area contributed by atoms with E-state index in [9.17, 15) is 4.79 Å². The second-order valence-electron chi connectivity index (χ2n) is 6.15. The average Bonchev–Trinajstić information content (AvgIpc) is 3.20. The fourth-order valence-corrected chi connectivity index (χ4v) is 2.92. The van der Waals surface area contributed by atoms with E-state index in [0.29, 0.717) is 11.7 Å². The van der Waals surface area contributed by atoms with Crippen LogP contribution >= 0.6 is 0 Å². The molecule has 6 nitrogen and oxygen atoms in total. The van der Waals surface area contributed by atoms with E-state index < -0.39 is 0 Å². The number of carbonyl (C=O) groups excluding carboxylic acids is 1. The van der Waals surface area contributed by atoms with Gasteiger partial charge < -0.3 is 8.83 Å². The van der Waals surface area contributed by atoms with Crippen LogP contribution in [0.2, 0.25) is 0 Å². The number of aromatic nitrogens is 2. The van der Waals surface area contributed by atoms with Crippen molar-refractivity contribution in [3.8, 4) is 11.5 Å². The van der Waals surface area contributed by atoms with E-state index in [1.165, 1.54) is 0 Å². The Morgan fingerprint density at radius 3 is 2.58 bits per heavy atom. The van der Waals surface area contributed by atoms with E-state index in [0.717, 1.165) is 27.7 Å². The minimum atomic E-state index is -0.212. The zero-order chi connectivity index (χ0) is 18.1. The first kappa shape index (κ1) is 16.1. The lowest BCUT2D eigenvalue weighted by Gasteiger charge is -2.03. The normalized spacial score (nSPS) is 11.0. The Balaban J connectivity index is 1.47. The number of nitrogens with zero attached hydrogens (tertiary/aromatic N) is 2. The van der Waals surface area contributed by atoms with E-state index in [-0.39, 0.29) is 18.3 Å². The highest BCUT2D eigenvalue weighted by Gasteiger charge is 2.16. The van der Waals surface area contributed by atoms with Gasteiger partial charge in [-0.25, -0.2) is 0 Å². The van der Waals surface area contributed by atoms with E-state index in [2.05, 4.69) is 15.5 Å². The molecule has 6 heteroatoms. The van der Waals surface area contributed by atoms with Crippen LogP contribution in [0.3, 0.4) is 0 Å². The Morgan fingerprint density at radius 2 is 1.81 bits per heavy atom. The molecule has 0 aliphatic rings. The Bertz CT molecular complexity index is 1090. The quantitative estimate of drug-likeness (QED) is 0.596. The van der Waals surface area contributed by atoms with E-state index in [4.69, 9.17) is 8.83 Å². The Labute approximate surface area is 149 Å². The summed E-state index contributed by atoms with van der Waals surface area (Å²) in [7, 11) is 0. The highest BCUT2D eigenvalue weighted by Crippen LogP contribution is 2.26. The molecule has 2 aromatic heterocycles. The second-order valence-corrected chi connectivity index (χ2v) is 6.15. The molecule has 0 unspecified atom stereocenters. The van der Waals surface area contributed by atoms with Gasteiger partial charge >= 0.3 is 6.01 Å². The van der Waals surface area contributed by atoms with Crippen molar-refractivity contribution < 1.29 is 13.6 Å². The van der Waals surface area contributed by atoms with Crippen LogP contribution < -0.4 is 5.32 Å². The smallest absolute Gasteiger partial charge is 0.322 e. The van der Waals surface area contributed by atoms with Crippen molar-refractivity contribution in [2.24, 2.45) is 0 Å². The number of hydrogen-bond acceptors (Lipinski definition) is 5. The third kappa shape index (κ3) is 3.21. The van der Waals surface area contributed by atoms with Gasteiger partial charge in [-0.05, 0) is 36.2 Å². The molecule has 2 heterocycles. The van der Waals surface area contributed by atoms with Gasteiger partial charge in [0.25, 0.3) is 5.89 Å². The van der Waals surface area contributed by atoms with Crippen LogP contribution in [0.15, 0.2) is 57.4 Å². The van der Waals surface area contributed by atoms with Crippen molar-refractivity contribution in [3.63, 3.8) is 0 Å². The van der Waals surface area contributed by atoms with Gasteiger partial charge in [0.15, 0.2) is 0 Å². The van der Waals surface area contributed by atoms with E-state index in [1.54, 1.807) is 0 Å². The molecule has 2 aromatic carbocycles. The minimum Gasteiger partial charge on any atom is -0.466 e. The maximum absolute atomic E-state index is 12.3. The number of furan rings is 1. The van der Waals surface area contributed by atoms with Gasteiger partial charge in [0, 0.05) is 0 Å². The summed E-state index contributed by atoms with van der Waals surface area (Å²) in [6, 6.07) is 15.9. The Morgan fingerprint density at radius 1 is 1.00 bits per heavy atom. The summed E-state index contributed by atoms with van der Waals surface area (Å²) < 4.78 is 11.0. The number of carbonyl (C=O) groups is 1. The predicted octanol–water partition coefficient (Wildman–Crippen LogP) is 4.28. The van der Waals surface area contributed by atoms with Gasteiger partial charge in [-0.1, -0.05) is 47.6 Å². The molecule has 0 aliphatic carbocycles. The summed E-state index contributed by atoms with van der Waals surface area (Å²) in [5, 5.41) is 12.7. The van der Waals surface area contributed by atoms with Crippen LogP contribution in [0, 0.1) is 13.8 Å². The molecule has 0 bridgehead atoms. The van der Waals surface area contributed by atoms with Gasteiger partial charge in [0.1, 0.15) is 11.5 Å². The van der Waals surface area contributed by atoms with Crippen LogP contribution in [0.1, 0.15) is 17.1 Å². The monoisotopic (exact) mass is 347 g/mol. The van der Waals surface area contributed by atoms with Crippen molar-refractivity contribution in [1.82, 2.24) is 10.2 Å². The van der Waals surface area contributed by atoms with Gasteiger partial charge in [0.05, 0.1) is 12.0 Å². The van der Waals surface area contributed by atoms with Gasteiger partial charge in [0.2, 0.25) is 5.91 Å². The molecule has 4 rings (SSSR count). The lowest BCUT2D eigenvalue weighted by molar-refractivity contribution is -0.115. The van der Waals surface area contributed by atoms with Crippen molar-refractivity contribution in [3.05, 3.63) is 65.6 Å². The second kappa shape index (κ2) is 6.48. The summed E-state index contributed by atoms with van der Waals surface area (Å²) in [6.45, 7) is 3.67. The first-order valence-electron chi connectivity index (χ1n) is 8.27. The first-order valence-corrected chi connectivity index (χ1v) is 8.27. The van der Waals surface area contributed by atoms with Gasteiger partial charge in [-0.3, -0.25) is 10.1 Å². The molecular weight excluding hydrogens is 330 g/mol. The maximum Gasteiger partial charge on any atom is 0.322 e. The molecule has 26 heavy (non-hydrogen) atoms. The fourth-order valence-electron chi connectivity index (χ4n) is 2.92. The number of fused-ring (bicyclic) bond motifs is 1. The molecule has 0 saturated heterocycles. The van der Waals surface area contributed by atoms with Crippen LogP contribution in [-0.2, 0) is 11.2 Å². The highest BCUT2D eigenvalue weighted by molar-refractivity contribution is 5.91. The SMILES string of the molecule is Cc1cc(-c2nnc(NC(=O)Cc3ccc4ccccc4c3)o2)c(C)o1. The Kier molecular flexibility index (Phi) is 4.01. The summed E-state index contributed by atoms with van der Waals surface area (Å²) in [6.07, 6.45) is 0.229. The number of nitrogens with one attached hydrogen (secondary N) is 1. The molecule has 4 aromatic rings. The van der Waals surface area contributed by atoms with Crippen molar-refractivity contribution >= 4 is 22.7 Å². The van der Waals surface area contributed by atoms with Gasteiger partial charge in [-0.2, -0.15) is 0 Å². The number of aryl methyl sites for hydroxylation is 2. The minimum absolute atomic E-state index is 0.0732. The zero-order valence-electron chi connectivity index (χ0n) is 14.4. The Hall–Kier alpha value is -3.41. The van der Waals surface area contributed by atoms with E-state index in [1.807, 2.05) is 62.4 Å². The molecular formula is C20H17N3O3. The molecule has 130 valence electrons. The van der Waals surface area contributed by atoms with Gasteiger partial charge in [-0.15, -0.1) is 5.10 Å². The topological polar surface area (TPSA) is 81.2 Å². The van der Waals surface area contributed by atoms with E-state index >= 15 is 0 Å². The first-order chi connectivity index (χ1) is 12.6. The summed E-state index contributed by atoms with van der Waals surface area (Å²) in [5.41, 5.74) is 1.65. The van der Waals surface area contributed by atoms with Crippen LogP contribution in [0.25, 0.3) is 22.2 Å². The van der Waals surface area contributed by atoms with Crippen LogP contribution in [-0.4, -0.2) is 16.1 Å². The summed E-state index contributed by atoms with van der Waals surface area (Å²) in [4.78, 5) is 12.3. The third-order valence-electron chi connectivity index (χ3n) is 4.12. The molecule has 1 amide bonds. The number of anilines is 1. The molecule has 0 spiro atoms. The average molecular weight is 347 g/mol. The molecule has 0 atom stereocenters. The third-order valence-corrected chi connectivity index (χ3v) is 4.12. The van der Waals surface area contributed by atoms with Crippen molar-refractivity contribution in [2.75, 3.05) is 5.32 Å². The standard InChI is InChI=1S/C20H17N3O3/c1-12-9-17(13(2)25-12)19-22-23-20(26-19)21-18(24)11-14-7-8-15-5-3-4-6-16(15)10-14/h3-10H,11H2,1-2H3,(H,21,23,24).